The van der Waals surface area contributed by atoms with Gasteiger partial charge in [0.05, 0.1) is 12.3 Å². The largest absolute Gasteiger partial charge is 0.493 e. The molecule has 2 aromatic rings. The van der Waals surface area contributed by atoms with Crippen molar-refractivity contribution in [3.8, 4) is 5.75 Å². The summed E-state index contributed by atoms with van der Waals surface area (Å²) in [6.07, 6.45) is 1.02. The highest BCUT2D eigenvalue weighted by atomic mass is 32.1. The van der Waals surface area contributed by atoms with E-state index < -0.39 is 0 Å². The predicted octanol–water partition coefficient (Wildman–Crippen LogP) is 4.36. The Balaban J connectivity index is 1.98. The van der Waals surface area contributed by atoms with E-state index in [0.717, 1.165) is 18.8 Å². The van der Waals surface area contributed by atoms with E-state index >= 15 is 0 Å². The number of hydrogen-bond acceptors (Lipinski definition) is 3. The molecule has 2 nitrogen and oxygen atoms in total. The van der Waals surface area contributed by atoms with Gasteiger partial charge < -0.3 is 4.74 Å². The summed E-state index contributed by atoms with van der Waals surface area (Å²) in [6.45, 7) is 7.42. The molecule has 0 fully saturated rings. The molecule has 1 aromatic heterocycles. The maximum atomic E-state index is 5.73. The van der Waals surface area contributed by atoms with E-state index in [1.165, 1.54) is 16.3 Å². The fraction of sp³-hybridized carbons (Fsp3) is 0.438. The molecule has 19 heavy (non-hydrogen) atoms. The summed E-state index contributed by atoms with van der Waals surface area (Å²) in [4.78, 5) is 4.87. The van der Waals surface area contributed by atoms with Gasteiger partial charge >= 0.3 is 0 Å². The van der Waals surface area contributed by atoms with Crippen molar-refractivity contribution < 1.29 is 4.74 Å². The van der Waals surface area contributed by atoms with Crippen molar-refractivity contribution in [1.29, 1.82) is 0 Å². The van der Waals surface area contributed by atoms with Crippen LogP contribution in [0.1, 0.15) is 49.4 Å². The number of fused-ring (bicyclic) bond motifs is 1. The zero-order chi connectivity index (χ0) is 13.5. The van der Waals surface area contributed by atoms with Crippen molar-refractivity contribution in [2.75, 3.05) is 6.61 Å². The SMILES string of the molecule is CC(C)(C)c1csc(C2CCOc3ccccc32)n1. The molecule has 0 saturated heterocycles. The van der Waals surface area contributed by atoms with Crippen LogP contribution in [0.2, 0.25) is 0 Å². The summed E-state index contributed by atoms with van der Waals surface area (Å²) in [5, 5.41) is 3.42. The smallest absolute Gasteiger partial charge is 0.123 e. The van der Waals surface area contributed by atoms with Crippen LogP contribution in [-0.2, 0) is 5.41 Å². The Labute approximate surface area is 118 Å². The Morgan fingerprint density at radius 3 is 2.79 bits per heavy atom. The van der Waals surface area contributed by atoms with Crippen molar-refractivity contribution in [2.45, 2.75) is 38.5 Å². The molecule has 3 heteroatoms. The van der Waals surface area contributed by atoms with Crippen LogP contribution in [0.5, 0.6) is 5.75 Å². The predicted molar refractivity (Wildman–Crippen MR) is 79.2 cm³/mol. The van der Waals surface area contributed by atoms with E-state index in [4.69, 9.17) is 9.72 Å². The number of rotatable bonds is 1. The van der Waals surface area contributed by atoms with Crippen LogP contribution >= 0.6 is 11.3 Å². The van der Waals surface area contributed by atoms with E-state index in [1.807, 2.05) is 6.07 Å². The number of nitrogens with zero attached hydrogens (tertiary/aromatic N) is 1. The minimum atomic E-state index is 0.124. The topological polar surface area (TPSA) is 22.1 Å². The van der Waals surface area contributed by atoms with Crippen molar-refractivity contribution in [3.63, 3.8) is 0 Å². The van der Waals surface area contributed by atoms with Crippen molar-refractivity contribution in [3.05, 3.63) is 45.9 Å². The lowest BCUT2D eigenvalue weighted by Crippen LogP contribution is -2.16. The second-order valence-corrected chi connectivity index (χ2v) is 6.94. The van der Waals surface area contributed by atoms with E-state index in [0.29, 0.717) is 5.92 Å². The minimum absolute atomic E-state index is 0.124. The van der Waals surface area contributed by atoms with Crippen molar-refractivity contribution in [1.82, 2.24) is 4.98 Å². The molecule has 1 aliphatic rings. The molecule has 0 radical (unpaired) electrons. The average Bonchev–Trinajstić information content (AvgIpc) is 2.87. The average molecular weight is 273 g/mol. The molecule has 100 valence electrons. The highest BCUT2D eigenvalue weighted by molar-refractivity contribution is 7.09. The van der Waals surface area contributed by atoms with Gasteiger partial charge in [-0.15, -0.1) is 11.3 Å². The monoisotopic (exact) mass is 273 g/mol. The van der Waals surface area contributed by atoms with Crippen LogP contribution in [-0.4, -0.2) is 11.6 Å². The molecule has 1 aromatic carbocycles. The van der Waals surface area contributed by atoms with Gasteiger partial charge in [0.25, 0.3) is 0 Å². The minimum Gasteiger partial charge on any atom is -0.493 e. The molecule has 0 amide bonds. The number of benzene rings is 1. The summed E-state index contributed by atoms with van der Waals surface area (Å²) >= 11 is 1.78. The molecule has 0 aliphatic carbocycles. The summed E-state index contributed by atoms with van der Waals surface area (Å²) in [7, 11) is 0. The number of thiazole rings is 1. The molecule has 2 heterocycles. The van der Waals surface area contributed by atoms with Crippen LogP contribution in [0.15, 0.2) is 29.6 Å². The normalized spacial score (nSPS) is 18.8. The first-order chi connectivity index (χ1) is 9.05. The van der Waals surface area contributed by atoms with Gasteiger partial charge in [0.1, 0.15) is 10.8 Å². The Bertz CT molecular complexity index is 582. The highest BCUT2D eigenvalue weighted by Gasteiger charge is 2.26. The van der Waals surface area contributed by atoms with Gasteiger partial charge in [0.2, 0.25) is 0 Å². The molecule has 0 spiro atoms. The number of para-hydroxylation sites is 1. The standard InChI is InChI=1S/C16H19NOS/c1-16(2,3)14-10-19-15(17-14)12-8-9-18-13-7-5-4-6-11(12)13/h4-7,10,12H,8-9H2,1-3H3. The molecular weight excluding hydrogens is 254 g/mol. The summed E-state index contributed by atoms with van der Waals surface area (Å²) < 4.78 is 5.73. The molecule has 1 aliphatic heterocycles. The maximum absolute atomic E-state index is 5.73. The van der Waals surface area contributed by atoms with Gasteiger partial charge in [-0.2, -0.15) is 0 Å². The first-order valence-electron chi connectivity index (χ1n) is 6.73. The van der Waals surface area contributed by atoms with Crippen LogP contribution in [0.3, 0.4) is 0 Å². The fourth-order valence-corrected chi connectivity index (χ4v) is 3.59. The van der Waals surface area contributed by atoms with Gasteiger partial charge in [-0.1, -0.05) is 39.0 Å². The lowest BCUT2D eigenvalue weighted by Gasteiger charge is -2.24. The van der Waals surface area contributed by atoms with E-state index in [2.05, 4.69) is 44.4 Å². The lowest BCUT2D eigenvalue weighted by molar-refractivity contribution is 0.276. The zero-order valence-corrected chi connectivity index (χ0v) is 12.5. The molecule has 0 N–H and O–H groups in total. The third-order valence-corrected chi connectivity index (χ3v) is 4.51. The first kappa shape index (κ1) is 12.7. The number of hydrogen-bond donors (Lipinski definition) is 0. The molecule has 3 rings (SSSR count). The summed E-state index contributed by atoms with van der Waals surface area (Å²) in [6, 6.07) is 8.33. The van der Waals surface area contributed by atoms with E-state index in [-0.39, 0.29) is 5.41 Å². The first-order valence-corrected chi connectivity index (χ1v) is 7.61. The Morgan fingerprint density at radius 2 is 2.05 bits per heavy atom. The number of aromatic nitrogens is 1. The van der Waals surface area contributed by atoms with Crippen LogP contribution in [0.4, 0.5) is 0 Å². The number of ether oxygens (including phenoxy) is 1. The van der Waals surface area contributed by atoms with Gasteiger partial charge in [-0.3, -0.25) is 0 Å². The molecular formula is C16H19NOS. The Morgan fingerprint density at radius 1 is 1.26 bits per heavy atom. The maximum Gasteiger partial charge on any atom is 0.123 e. The lowest BCUT2D eigenvalue weighted by atomic mass is 9.92. The van der Waals surface area contributed by atoms with Crippen molar-refractivity contribution in [2.24, 2.45) is 0 Å². The van der Waals surface area contributed by atoms with Gasteiger partial charge in [0.15, 0.2) is 0 Å². The Kier molecular flexibility index (Phi) is 3.09. The van der Waals surface area contributed by atoms with Gasteiger partial charge in [-0.25, -0.2) is 4.98 Å². The van der Waals surface area contributed by atoms with E-state index in [9.17, 15) is 0 Å². The van der Waals surface area contributed by atoms with E-state index in [1.54, 1.807) is 11.3 Å². The van der Waals surface area contributed by atoms with Crippen LogP contribution in [0, 0.1) is 0 Å². The second-order valence-electron chi connectivity index (χ2n) is 6.05. The Hall–Kier alpha value is -1.35. The van der Waals surface area contributed by atoms with Crippen LogP contribution in [0.25, 0.3) is 0 Å². The highest BCUT2D eigenvalue weighted by Crippen LogP contribution is 2.39. The molecule has 0 bridgehead atoms. The van der Waals surface area contributed by atoms with Gasteiger partial charge in [0, 0.05) is 22.3 Å². The zero-order valence-electron chi connectivity index (χ0n) is 11.6. The van der Waals surface area contributed by atoms with Crippen LogP contribution < -0.4 is 4.74 Å². The molecule has 1 atom stereocenters. The molecule has 0 saturated carbocycles. The fourth-order valence-electron chi connectivity index (χ4n) is 2.39. The van der Waals surface area contributed by atoms with Crippen molar-refractivity contribution >= 4 is 11.3 Å². The quantitative estimate of drug-likeness (QED) is 0.770. The summed E-state index contributed by atoms with van der Waals surface area (Å²) in [5.74, 6) is 1.41. The molecule has 1 unspecified atom stereocenters. The third kappa shape index (κ3) is 2.39. The van der Waals surface area contributed by atoms with Gasteiger partial charge in [-0.05, 0) is 12.5 Å². The summed E-state index contributed by atoms with van der Waals surface area (Å²) in [5.41, 5.74) is 2.60. The second kappa shape index (κ2) is 4.64. The third-order valence-electron chi connectivity index (χ3n) is 3.55.